The van der Waals surface area contributed by atoms with Crippen LogP contribution in [0.15, 0.2) is 72.8 Å². The molecule has 0 aromatic heterocycles. The third-order valence-corrected chi connectivity index (χ3v) is 4.51. The predicted molar refractivity (Wildman–Crippen MR) is 112 cm³/mol. The first-order chi connectivity index (χ1) is 13.4. The normalized spacial score (nSPS) is 11.1. The number of non-ortho nitro benzene ring substituents is 1. The number of benzene rings is 3. The van der Waals surface area contributed by atoms with E-state index in [9.17, 15) is 14.9 Å². The van der Waals surface area contributed by atoms with Crippen molar-refractivity contribution in [2.75, 3.05) is 5.32 Å². The van der Waals surface area contributed by atoms with E-state index in [-0.39, 0.29) is 11.6 Å². The number of nitro benzene ring substituents is 1. The second-order valence-corrected chi connectivity index (χ2v) is 6.53. The minimum atomic E-state index is -0.446. The van der Waals surface area contributed by atoms with E-state index in [1.165, 1.54) is 12.1 Å². The van der Waals surface area contributed by atoms with Gasteiger partial charge in [-0.2, -0.15) is 0 Å². The van der Waals surface area contributed by atoms with Crippen molar-refractivity contribution >= 4 is 28.9 Å². The van der Waals surface area contributed by atoms with E-state index in [2.05, 4.69) is 5.32 Å². The number of aryl methyl sites for hydroxylation is 2. The van der Waals surface area contributed by atoms with Crippen molar-refractivity contribution in [3.63, 3.8) is 0 Å². The van der Waals surface area contributed by atoms with Crippen LogP contribution >= 0.6 is 0 Å². The van der Waals surface area contributed by atoms with E-state index < -0.39 is 4.92 Å². The van der Waals surface area contributed by atoms with Gasteiger partial charge < -0.3 is 5.32 Å². The first-order valence-corrected chi connectivity index (χ1v) is 8.84. The van der Waals surface area contributed by atoms with Gasteiger partial charge in [-0.05, 0) is 66.4 Å². The average Bonchev–Trinajstić information content (AvgIpc) is 2.70. The van der Waals surface area contributed by atoms with Crippen LogP contribution in [0, 0.1) is 24.0 Å². The molecule has 5 heteroatoms. The second kappa shape index (κ2) is 8.31. The molecule has 0 saturated heterocycles. The zero-order chi connectivity index (χ0) is 20.1. The molecule has 0 aliphatic heterocycles. The summed E-state index contributed by atoms with van der Waals surface area (Å²) in [7, 11) is 0. The van der Waals surface area contributed by atoms with Crippen LogP contribution in [0.25, 0.3) is 11.6 Å². The molecule has 0 radical (unpaired) electrons. The van der Waals surface area contributed by atoms with Gasteiger partial charge in [-0.3, -0.25) is 14.9 Å². The Hall–Kier alpha value is -3.73. The van der Waals surface area contributed by atoms with Crippen molar-refractivity contribution in [2.45, 2.75) is 13.8 Å². The van der Waals surface area contributed by atoms with Crippen LogP contribution in [0.4, 0.5) is 11.4 Å². The lowest BCUT2D eigenvalue weighted by molar-refractivity contribution is -0.384. The molecule has 28 heavy (non-hydrogen) atoms. The molecular formula is C23H20N2O3. The molecule has 0 unspecified atom stereocenters. The molecule has 1 amide bonds. The molecule has 0 heterocycles. The Labute approximate surface area is 163 Å². The van der Waals surface area contributed by atoms with Crippen molar-refractivity contribution in [2.24, 2.45) is 0 Å². The fraction of sp³-hybridized carbons (Fsp3) is 0.0870. The summed E-state index contributed by atoms with van der Waals surface area (Å²) in [5, 5.41) is 13.8. The Morgan fingerprint density at radius 3 is 2.21 bits per heavy atom. The van der Waals surface area contributed by atoms with Crippen molar-refractivity contribution in [3.8, 4) is 0 Å². The Morgan fingerprint density at radius 2 is 1.61 bits per heavy atom. The summed E-state index contributed by atoms with van der Waals surface area (Å²) in [4.78, 5) is 23.4. The lowest BCUT2D eigenvalue weighted by Crippen LogP contribution is -2.13. The maximum absolute atomic E-state index is 13.0. The highest BCUT2D eigenvalue weighted by atomic mass is 16.6. The number of nitro groups is 1. The van der Waals surface area contributed by atoms with E-state index >= 15 is 0 Å². The SMILES string of the molecule is Cc1ccc(NC(=O)/C(=C/c2ccc([N+](=O)[O-])cc2)c2ccccc2)cc1C. The predicted octanol–water partition coefficient (Wildman–Crippen LogP) is 5.39. The molecule has 1 N–H and O–H groups in total. The van der Waals surface area contributed by atoms with Gasteiger partial charge >= 0.3 is 0 Å². The monoisotopic (exact) mass is 372 g/mol. The van der Waals surface area contributed by atoms with E-state index in [1.807, 2.05) is 62.4 Å². The van der Waals surface area contributed by atoms with Crippen LogP contribution in [0.1, 0.15) is 22.3 Å². The molecule has 3 aromatic carbocycles. The highest BCUT2D eigenvalue weighted by Gasteiger charge is 2.13. The number of hydrogen-bond acceptors (Lipinski definition) is 3. The van der Waals surface area contributed by atoms with E-state index in [1.54, 1.807) is 18.2 Å². The summed E-state index contributed by atoms with van der Waals surface area (Å²) in [6.45, 7) is 4.01. The van der Waals surface area contributed by atoms with Crippen LogP contribution < -0.4 is 5.32 Å². The van der Waals surface area contributed by atoms with Crippen LogP contribution in [0.5, 0.6) is 0 Å². The maximum Gasteiger partial charge on any atom is 0.269 e. The highest BCUT2D eigenvalue weighted by Crippen LogP contribution is 2.23. The minimum absolute atomic E-state index is 0.0120. The first kappa shape index (κ1) is 19.0. The second-order valence-electron chi connectivity index (χ2n) is 6.53. The van der Waals surface area contributed by atoms with Gasteiger partial charge in [0.25, 0.3) is 11.6 Å². The standard InChI is InChI=1S/C23H20N2O3/c1-16-8-11-20(14-17(16)2)24-23(26)22(19-6-4-3-5-7-19)15-18-9-12-21(13-10-18)25(27)28/h3-15H,1-2H3,(H,24,26)/b22-15+. The summed E-state index contributed by atoms with van der Waals surface area (Å²) >= 11 is 0. The third-order valence-electron chi connectivity index (χ3n) is 4.51. The number of amides is 1. The molecule has 3 aromatic rings. The van der Waals surface area contributed by atoms with E-state index in [0.717, 1.165) is 22.4 Å². The van der Waals surface area contributed by atoms with Gasteiger partial charge in [-0.15, -0.1) is 0 Å². The van der Waals surface area contributed by atoms with Gasteiger partial charge in [-0.25, -0.2) is 0 Å². The van der Waals surface area contributed by atoms with Crippen LogP contribution in [0.3, 0.4) is 0 Å². The largest absolute Gasteiger partial charge is 0.322 e. The number of carbonyl (C=O) groups excluding carboxylic acids is 1. The average molecular weight is 372 g/mol. The molecule has 140 valence electrons. The van der Waals surface area contributed by atoms with Crippen molar-refractivity contribution in [1.29, 1.82) is 0 Å². The quantitative estimate of drug-likeness (QED) is 0.282. The molecule has 0 aliphatic rings. The van der Waals surface area contributed by atoms with Crippen molar-refractivity contribution in [1.82, 2.24) is 0 Å². The summed E-state index contributed by atoms with van der Waals surface area (Å²) in [5.74, 6) is -0.243. The molecule has 0 fully saturated rings. The Bertz CT molecular complexity index is 1040. The van der Waals surface area contributed by atoms with Gasteiger partial charge in [0.2, 0.25) is 0 Å². The van der Waals surface area contributed by atoms with Gasteiger partial charge in [0.15, 0.2) is 0 Å². The number of carbonyl (C=O) groups is 1. The van der Waals surface area contributed by atoms with Crippen molar-refractivity contribution < 1.29 is 9.72 Å². The van der Waals surface area contributed by atoms with E-state index in [0.29, 0.717) is 11.1 Å². The van der Waals surface area contributed by atoms with Crippen LogP contribution in [-0.4, -0.2) is 10.8 Å². The van der Waals surface area contributed by atoms with Gasteiger partial charge in [0.05, 0.1) is 4.92 Å². The van der Waals surface area contributed by atoms with Gasteiger partial charge in [-0.1, -0.05) is 36.4 Å². The molecule has 3 rings (SSSR count). The summed E-state index contributed by atoms with van der Waals surface area (Å²) in [6, 6.07) is 21.2. The number of hydrogen-bond donors (Lipinski definition) is 1. The molecule has 0 spiro atoms. The molecular weight excluding hydrogens is 352 g/mol. The Morgan fingerprint density at radius 1 is 0.929 bits per heavy atom. The smallest absolute Gasteiger partial charge is 0.269 e. The number of rotatable bonds is 5. The minimum Gasteiger partial charge on any atom is -0.322 e. The number of anilines is 1. The lowest BCUT2D eigenvalue weighted by Gasteiger charge is -2.11. The van der Waals surface area contributed by atoms with E-state index in [4.69, 9.17) is 0 Å². The van der Waals surface area contributed by atoms with Gasteiger partial charge in [0, 0.05) is 23.4 Å². The number of nitrogens with one attached hydrogen (secondary N) is 1. The zero-order valence-corrected chi connectivity index (χ0v) is 15.7. The molecule has 0 bridgehead atoms. The summed E-state index contributed by atoms with van der Waals surface area (Å²) in [6.07, 6.45) is 1.73. The Kier molecular flexibility index (Phi) is 5.65. The highest BCUT2D eigenvalue weighted by molar-refractivity contribution is 6.29. The van der Waals surface area contributed by atoms with Crippen LogP contribution in [-0.2, 0) is 4.79 Å². The molecule has 5 nitrogen and oxygen atoms in total. The molecule has 0 atom stereocenters. The maximum atomic E-state index is 13.0. The topological polar surface area (TPSA) is 72.2 Å². The first-order valence-electron chi connectivity index (χ1n) is 8.84. The lowest BCUT2D eigenvalue weighted by atomic mass is 10.0. The van der Waals surface area contributed by atoms with Crippen LogP contribution in [0.2, 0.25) is 0 Å². The van der Waals surface area contributed by atoms with Crippen molar-refractivity contribution in [3.05, 3.63) is 105 Å². The fourth-order valence-corrected chi connectivity index (χ4v) is 2.77. The summed E-state index contributed by atoms with van der Waals surface area (Å²) in [5.41, 5.74) is 4.94. The zero-order valence-electron chi connectivity index (χ0n) is 15.7. The Balaban J connectivity index is 1.95. The molecule has 0 saturated carbocycles. The number of nitrogens with zero attached hydrogens (tertiary/aromatic N) is 1. The summed E-state index contributed by atoms with van der Waals surface area (Å²) < 4.78 is 0. The van der Waals surface area contributed by atoms with Gasteiger partial charge in [0.1, 0.15) is 0 Å². The third kappa shape index (κ3) is 4.51. The molecule has 0 aliphatic carbocycles. The fourth-order valence-electron chi connectivity index (χ4n) is 2.77.